The van der Waals surface area contributed by atoms with Crippen LogP contribution in [-0.4, -0.2) is 12.5 Å². The van der Waals surface area contributed by atoms with Crippen LogP contribution < -0.4 is 11.1 Å². The van der Waals surface area contributed by atoms with Gasteiger partial charge in [-0.1, -0.05) is 18.2 Å². The number of guanidine groups is 1. The van der Waals surface area contributed by atoms with E-state index in [1.54, 1.807) is 12.1 Å². The Morgan fingerprint density at radius 3 is 2.61 bits per heavy atom. The maximum atomic E-state index is 12.8. The zero-order valence-electron chi connectivity index (χ0n) is 12.9. The summed E-state index contributed by atoms with van der Waals surface area (Å²) in [7, 11) is 0. The van der Waals surface area contributed by atoms with Gasteiger partial charge in [-0.05, 0) is 66.6 Å². The fraction of sp³-hybridized carbons (Fsp3) is 0.278. The summed E-state index contributed by atoms with van der Waals surface area (Å²) in [5.74, 6) is 0.199. The van der Waals surface area contributed by atoms with E-state index in [1.165, 1.54) is 36.1 Å². The highest BCUT2D eigenvalue weighted by Crippen LogP contribution is 2.24. The van der Waals surface area contributed by atoms with E-state index in [0.29, 0.717) is 12.5 Å². The molecular weight excluding hydrogens is 404 g/mol. The van der Waals surface area contributed by atoms with Gasteiger partial charge in [-0.25, -0.2) is 4.39 Å². The Labute approximate surface area is 153 Å². The average Bonchev–Trinajstić information content (AvgIpc) is 2.97. The van der Waals surface area contributed by atoms with Crippen molar-refractivity contribution >= 4 is 35.6 Å². The molecule has 0 amide bonds. The fourth-order valence-corrected chi connectivity index (χ4v) is 2.79. The van der Waals surface area contributed by atoms with Gasteiger partial charge in [0.15, 0.2) is 5.96 Å². The Kier molecular flexibility index (Phi) is 6.38. The second-order valence-electron chi connectivity index (χ2n) is 5.61. The van der Waals surface area contributed by atoms with E-state index in [-0.39, 0.29) is 29.8 Å². The molecule has 23 heavy (non-hydrogen) atoms. The van der Waals surface area contributed by atoms with E-state index in [9.17, 15) is 4.39 Å². The molecule has 0 unspecified atom stereocenters. The molecule has 0 bridgehead atoms. The summed E-state index contributed by atoms with van der Waals surface area (Å²) in [4.78, 5) is 4.32. The molecule has 3 nitrogen and oxygen atoms in total. The van der Waals surface area contributed by atoms with Gasteiger partial charge in [0.05, 0.1) is 0 Å². The van der Waals surface area contributed by atoms with Gasteiger partial charge in [-0.2, -0.15) is 0 Å². The molecular formula is C18H21FIN3. The molecule has 1 aliphatic carbocycles. The summed E-state index contributed by atoms with van der Waals surface area (Å²) in [6.45, 7) is 0.579. The molecule has 0 atom stereocenters. The summed E-state index contributed by atoms with van der Waals surface area (Å²) in [5, 5.41) is 3.13. The lowest BCUT2D eigenvalue weighted by Crippen LogP contribution is -2.23. The number of anilines is 1. The van der Waals surface area contributed by atoms with Crippen molar-refractivity contribution in [3.63, 3.8) is 0 Å². The van der Waals surface area contributed by atoms with E-state index in [0.717, 1.165) is 24.1 Å². The Bertz CT molecular complexity index is 683. The van der Waals surface area contributed by atoms with Gasteiger partial charge >= 0.3 is 0 Å². The van der Waals surface area contributed by atoms with Crippen molar-refractivity contribution in [2.75, 3.05) is 11.9 Å². The summed E-state index contributed by atoms with van der Waals surface area (Å²) in [6, 6.07) is 12.8. The summed E-state index contributed by atoms with van der Waals surface area (Å²) < 4.78 is 12.8. The van der Waals surface area contributed by atoms with Gasteiger partial charge in [0.2, 0.25) is 0 Å². The van der Waals surface area contributed by atoms with Gasteiger partial charge in [-0.15, -0.1) is 24.0 Å². The molecule has 0 radical (unpaired) electrons. The molecule has 1 aliphatic rings. The first-order valence-corrected chi connectivity index (χ1v) is 7.64. The van der Waals surface area contributed by atoms with Crippen LogP contribution in [0.5, 0.6) is 0 Å². The van der Waals surface area contributed by atoms with Crippen LogP contribution in [0.15, 0.2) is 47.5 Å². The molecule has 0 aromatic heterocycles. The van der Waals surface area contributed by atoms with Crippen LogP contribution in [0.1, 0.15) is 23.1 Å². The number of hydrogen-bond donors (Lipinski definition) is 2. The third-order valence-electron chi connectivity index (χ3n) is 3.97. The van der Waals surface area contributed by atoms with Crippen molar-refractivity contribution in [1.82, 2.24) is 0 Å². The van der Waals surface area contributed by atoms with Crippen LogP contribution in [0.4, 0.5) is 10.1 Å². The number of benzene rings is 2. The highest BCUT2D eigenvalue weighted by molar-refractivity contribution is 14.0. The van der Waals surface area contributed by atoms with Gasteiger partial charge < -0.3 is 11.1 Å². The first-order valence-electron chi connectivity index (χ1n) is 7.64. The molecule has 2 aromatic carbocycles. The highest BCUT2D eigenvalue weighted by atomic mass is 127. The molecule has 122 valence electrons. The minimum Gasteiger partial charge on any atom is -0.370 e. The largest absolute Gasteiger partial charge is 0.370 e. The lowest BCUT2D eigenvalue weighted by Gasteiger charge is -2.08. The van der Waals surface area contributed by atoms with Crippen molar-refractivity contribution in [2.45, 2.75) is 25.7 Å². The Hall–Kier alpha value is -1.63. The Morgan fingerprint density at radius 1 is 1.09 bits per heavy atom. The molecule has 0 fully saturated rings. The van der Waals surface area contributed by atoms with Crippen LogP contribution in [0, 0.1) is 5.82 Å². The predicted molar refractivity (Wildman–Crippen MR) is 104 cm³/mol. The van der Waals surface area contributed by atoms with Crippen molar-refractivity contribution < 1.29 is 4.39 Å². The van der Waals surface area contributed by atoms with E-state index >= 15 is 0 Å². The maximum absolute atomic E-state index is 12.8. The first kappa shape index (κ1) is 17.7. The van der Waals surface area contributed by atoms with Gasteiger partial charge in [0.25, 0.3) is 0 Å². The second kappa shape index (κ2) is 8.29. The molecule has 3 rings (SSSR count). The van der Waals surface area contributed by atoms with E-state index in [2.05, 4.69) is 22.4 Å². The Balaban J connectivity index is 0.00000192. The highest BCUT2D eigenvalue weighted by Gasteiger charge is 2.10. The monoisotopic (exact) mass is 425 g/mol. The molecule has 3 N–H and O–H groups in total. The number of aliphatic imine (C=N–C) groups is 1. The van der Waals surface area contributed by atoms with Crippen molar-refractivity contribution in [1.29, 1.82) is 0 Å². The lowest BCUT2D eigenvalue weighted by atomic mass is 10.1. The minimum absolute atomic E-state index is 0. The lowest BCUT2D eigenvalue weighted by molar-refractivity contribution is 0.627. The quantitative estimate of drug-likeness (QED) is 0.444. The zero-order valence-corrected chi connectivity index (χ0v) is 15.2. The van der Waals surface area contributed by atoms with E-state index < -0.39 is 0 Å². The third kappa shape index (κ3) is 4.92. The standard InChI is InChI=1S/C18H20FN3.HI/c19-16-7-4-13(5-8-16)10-11-21-18(20)22-17-9-6-14-2-1-3-15(14)12-17;/h4-9,12H,1-3,10-11H2,(H3,20,21,22);1H. The average molecular weight is 425 g/mol. The topological polar surface area (TPSA) is 50.4 Å². The molecule has 0 aliphatic heterocycles. The Morgan fingerprint density at radius 2 is 1.83 bits per heavy atom. The van der Waals surface area contributed by atoms with Crippen molar-refractivity contribution in [3.8, 4) is 0 Å². The van der Waals surface area contributed by atoms with Gasteiger partial charge in [-0.3, -0.25) is 4.99 Å². The number of nitrogens with zero attached hydrogens (tertiary/aromatic N) is 1. The van der Waals surface area contributed by atoms with Gasteiger partial charge in [0.1, 0.15) is 5.82 Å². The molecule has 0 spiro atoms. The predicted octanol–water partition coefficient (Wildman–Crippen LogP) is 3.90. The van der Waals surface area contributed by atoms with Gasteiger partial charge in [0, 0.05) is 12.2 Å². The SMILES string of the molecule is I.NC(=NCCc1ccc(F)cc1)Nc1ccc2c(c1)CCC2. The number of fused-ring (bicyclic) bond motifs is 1. The van der Waals surface area contributed by atoms with Crippen LogP contribution in [0.2, 0.25) is 0 Å². The molecule has 0 heterocycles. The molecule has 2 aromatic rings. The number of rotatable bonds is 4. The second-order valence-corrected chi connectivity index (χ2v) is 5.61. The number of nitrogens with one attached hydrogen (secondary N) is 1. The summed E-state index contributed by atoms with van der Waals surface area (Å²) in [5.41, 5.74) is 10.8. The number of nitrogens with two attached hydrogens (primary N) is 1. The van der Waals surface area contributed by atoms with Crippen molar-refractivity contribution in [3.05, 3.63) is 65.0 Å². The fourth-order valence-electron chi connectivity index (χ4n) is 2.79. The number of halogens is 2. The van der Waals surface area contributed by atoms with Crippen LogP contribution in [-0.2, 0) is 19.3 Å². The maximum Gasteiger partial charge on any atom is 0.193 e. The zero-order chi connectivity index (χ0) is 15.4. The molecule has 5 heteroatoms. The smallest absolute Gasteiger partial charge is 0.193 e. The van der Waals surface area contributed by atoms with Crippen LogP contribution >= 0.6 is 24.0 Å². The molecule has 0 saturated carbocycles. The van der Waals surface area contributed by atoms with Crippen molar-refractivity contribution in [2.24, 2.45) is 10.7 Å². The van der Waals surface area contributed by atoms with Crippen LogP contribution in [0.3, 0.4) is 0 Å². The summed E-state index contributed by atoms with van der Waals surface area (Å²) >= 11 is 0. The first-order chi connectivity index (χ1) is 10.7. The van der Waals surface area contributed by atoms with E-state index in [4.69, 9.17) is 5.73 Å². The van der Waals surface area contributed by atoms with E-state index in [1.807, 2.05) is 6.07 Å². The molecule has 0 saturated heterocycles. The normalized spacial score (nSPS) is 13.3. The third-order valence-corrected chi connectivity index (χ3v) is 3.97. The number of aryl methyl sites for hydroxylation is 2. The van der Waals surface area contributed by atoms with Crippen LogP contribution in [0.25, 0.3) is 0 Å². The summed E-state index contributed by atoms with van der Waals surface area (Å²) in [6.07, 6.45) is 4.30. The number of hydrogen-bond acceptors (Lipinski definition) is 1. The minimum atomic E-state index is -0.218.